The van der Waals surface area contributed by atoms with Gasteiger partial charge in [0.25, 0.3) is 0 Å². The van der Waals surface area contributed by atoms with Gasteiger partial charge in [0.1, 0.15) is 17.7 Å². The molecule has 270 valence electrons. The lowest BCUT2D eigenvalue weighted by atomic mass is 10.1. The number of nitrogens with one attached hydrogen (secondary N) is 5. The van der Waals surface area contributed by atoms with Crippen LogP contribution in [0.15, 0.2) is 60.8 Å². The Morgan fingerprint density at radius 3 is 2.37 bits per heavy atom. The lowest BCUT2D eigenvalue weighted by molar-refractivity contribution is -0.133. The number of hydrogen-bond acceptors (Lipinski definition) is 10. The summed E-state index contributed by atoms with van der Waals surface area (Å²) in [5.41, 5.74) is 5.60. The van der Waals surface area contributed by atoms with Crippen molar-refractivity contribution in [3.8, 4) is 0 Å². The highest BCUT2D eigenvalue weighted by molar-refractivity contribution is 6.01. The van der Waals surface area contributed by atoms with Crippen molar-refractivity contribution < 1.29 is 19.5 Å². The molecule has 14 heteroatoms. The number of aliphatic hydroxyl groups is 1. The van der Waals surface area contributed by atoms with Crippen LogP contribution in [0.25, 0.3) is 5.65 Å². The van der Waals surface area contributed by atoms with Crippen LogP contribution in [-0.4, -0.2) is 92.2 Å². The van der Waals surface area contributed by atoms with Gasteiger partial charge in [-0.25, -0.2) is 9.78 Å². The molecule has 1 unspecified atom stereocenters. The molecule has 2 aliphatic heterocycles. The van der Waals surface area contributed by atoms with Gasteiger partial charge in [0, 0.05) is 68.7 Å². The van der Waals surface area contributed by atoms with Gasteiger partial charge in [0.05, 0.1) is 18.8 Å². The number of carbonyl (C=O) groups is 3. The van der Waals surface area contributed by atoms with Crippen LogP contribution in [0.1, 0.15) is 62.6 Å². The smallest absolute Gasteiger partial charge is 0.321 e. The number of fused-ring (bicyclic) bond motifs is 1. The molecular formula is C37H48N10O4. The number of piperidine rings is 1. The van der Waals surface area contributed by atoms with Crippen LogP contribution in [0.4, 0.5) is 27.8 Å². The van der Waals surface area contributed by atoms with E-state index in [1.54, 1.807) is 0 Å². The molecule has 51 heavy (non-hydrogen) atoms. The zero-order valence-corrected chi connectivity index (χ0v) is 29.5. The number of aromatic nitrogens is 3. The molecule has 6 rings (SSSR count). The summed E-state index contributed by atoms with van der Waals surface area (Å²) >= 11 is 0. The molecule has 0 spiro atoms. The summed E-state index contributed by atoms with van der Waals surface area (Å²) in [4.78, 5) is 45.5. The monoisotopic (exact) mass is 696 g/mol. The molecule has 2 fully saturated rings. The maximum atomic E-state index is 13.1. The Labute approximate surface area is 298 Å². The Morgan fingerprint density at radius 1 is 1.00 bits per heavy atom. The van der Waals surface area contributed by atoms with E-state index in [9.17, 15) is 19.5 Å². The van der Waals surface area contributed by atoms with Crippen LogP contribution in [0, 0.1) is 0 Å². The van der Waals surface area contributed by atoms with E-state index in [4.69, 9.17) is 4.98 Å². The minimum atomic E-state index is -0.405. The van der Waals surface area contributed by atoms with E-state index < -0.39 is 6.04 Å². The van der Waals surface area contributed by atoms with Gasteiger partial charge in [-0.15, -0.1) is 0 Å². The van der Waals surface area contributed by atoms with Gasteiger partial charge >= 0.3 is 6.03 Å². The van der Waals surface area contributed by atoms with E-state index in [1.165, 1.54) is 0 Å². The third-order valence-electron chi connectivity index (χ3n) is 9.46. The quantitative estimate of drug-likeness (QED) is 0.111. The second-order valence-electron chi connectivity index (χ2n) is 13.5. The van der Waals surface area contributed by atoms with E-state index in [2.05, 4.69) is 50.4 Å². The van der Waals surface area contributed by atoms with Crippen molar-refractivity contribution >= 4 is 46.5 Å². The van der Waals surface area contributed by atoms with Crippen molar-refractivity contribution in [2.45, 2.75) is 71.1 Å². The van der Waals surface area contributed by atoms with Gasteiger partial charge in [0.2, 0.25) is 11.8 Å². The van der Waals surface area contributed by atoms with Crippen LogP contribution in [0.5, 0.6) is 0 Å². The largest absolute Gasteiger partial charge is 0.394 e. The third kappa shape index (κ3) is 8.94. The van der Waals surface area contributed by atoms with Gasteiger partial charge < -0.3 is 31.3 Å². The molecule has 2 aromatic heterocycles. The van der Waals surface area contributed by atoms with E-state index in [-0.39, 0.29) is 36.4 Å². The zero-order valence-electron chi connectivity index (χ0n) is 29.5. The van der Waals surface area contributed by atoms with Crippen LogP contribution >= 0.6 is 0 Å². The molecule has 0 radical (unpaired) electrons. The van der Waals surface area contributed by atoms with E-state index in [0.29, 0.717) is 38.3 Å². The molecule has 2 atom stereocenters. The molecule has 2 saturated heterocycles. The highest BCUT2D eigenvalue weighted by Gasteiger charge is 2.26. The molecule has 2 aromatic carbocycles. The normalized spacial score (nSPS) is 17.4. The summed E-state index contributed by atoms with van der Waals surface area (Å²) in [6, 6.07) is 17.1. The first-order valence-electron chi connectivity index (χ1n) is 17.8. The second kappa shape index (κ2) is 16.2. The van der Waals surface area contributed by atoms with Gasteiger partial charge in [0.15, 0.2) is 5.65 Å². The number of anilines is 4. The predicted molar refractivity (Wildman–Crippen MR) is 198 cm³/mol. The molecule has 0 saturated carbocycles. The fourth-order valence-corrected chi connectivity index (χ4v) is 6.28. The number of urea groups is 1. The summed E-state index contributed by atoms with van der Waals surface area (Å²) < 4.78 is 1.81. The lowest BCUT2D eigenvalue weighted by Gasteiger charge is -2.34. The highest BCUT2D eigenvalue weighted by atomic mass is 16.3. The number of piperazine rings is 1. The van der Waals surface area contributed by atoms with Crippen LogP contribution < -0.4 is 26.6 Å². The van der Waals surface area contributed by atoms with Crippen molar-refractivity contribution in [2.24, 2.45) is 0 Å². The topological polar surface area (TPSA) is 168 Å². The van der Waals surface area contributed by atoms with Crippen molar-refractivity contribution in [3.05, 3.63) is 77.5 Å². The Bertz CT molecular complexity index is 1810. The summed E-state index contributed by atoms with van der Waals surface area (Å²) in [6.45, 7) is 10.4. The minimum Gasteiger partial charge on any atom is -0.394 e. The van der Waals surface area contributed by atoms with Crippen LogP contribution in [0.2, 0.25) is 0 Å². The van der Waals surface area contributed by atoms with Crippen molar-refractivity contribution in [1.29, 1.82) is 0 Å². The fraction of sp³-hybridized carbons (Fsp3) is 0.432. The fourth-order valence-electron chi connectivity index (χ4n) is 6.28. The van der Waals surface area contributed by atoms with E-state index in [0.717, 1.165) is 65.6 Å². The number of amides is 4. The maximum absolute atomic E-state index is 13.1. The number of benzene rings is 2. The average molecular weight is 697 g/mol. The van der Waals surface area contributed by atoms with Crippen LogP contribution in [0.3, 0.4) is 0 Å². The average Bonchev–Trinajstić information content (AvgIpc) is 3.57. The summed E-state index contributed by atoms with van der Waals surface area (Å²) in [6.07, 6.45) is 3.45. The molecule has 4 aromatic rings. The number of imide groups is 1. The Kier molecular flexibility index (Phi) is 11.3. The van der Waals surface area contributed by atoms with E-state index in [1.807, 2.05) is 77.1 Å². The molecule has 4 amide bonds. The first kappa shape index (κ1) is 35.6. The van der Waals surface area contributed by atoms with Crippen molar-refractivity contribution in [3.63, 3.8) is 0 Å². The number of aliphatic hydroxyl groups excluding tert-OH is 1. The SMILES string of the molecule is CC[C@@H](CO)Nc1cc(NCc2ccc(NC(=O)N3CCN(Cc4ccc(NC5CCC(=O)NC5=O)cc4)CC3)cc2)n2ncc(C(C)C)c2n1. The van der Waals surface area contributed by atoms with Crippen LogP contribution in [-0.2, 0) is 22.7 Å². The first-order valence-corrected chi connectivity index (χ1v) is 17.8. The van der Waals surface area contributed by atoms with Gasteiger partial charge in [-0.1, -0.05) is 45.0 Å². The van der Waals surface area contributed by atoms with E-state index >= 15 is 0 Å². The molecule has 0 bridgehead atoms. The summed E-state index contributed by atoms with van der Waals surface area (Å²) in [5, 5.41) is 29.8. The number of rotatable bonds is 13. The summed E-state index contributed by atoms with van der Waals surface area (Å²) in [7, 11) is 0. The van der Waals surface area contributed by atoms with Crippen molar-refractivity contribution in [1.82, 2.24) is 29.7 Å². The van der Waals surface area contributed by atoms with Gasteiger partial charge in [-0.3, -0.25) is 19.8 Å². The molecular weight excluding hydrogens is 648 g/mol. The number of nitrogens with zero attached hydrogens (tertiary/aromatic N) is 5. The molecule has 4 heterocycles. The molecule has 14 nitrogen and oxygen atoms in total. The van der Waals surface area contributed by atoms with Gasteiger partial charge in [-0.05, 0) is 54.2 Å². The number of hydrogen-bond donors (Lipinski definition) is 6. The second-order valence-corrected chi connectivity index (χ2v) is 13.5. The lowest BCUT2D eigenvalue weighted by Crippen LogP contribution is -2.49. The molecule has 6 N–H and O–H groups in total. The zero-order chi connectivity index (χ0) is 35.9. The Hall–Kier alpha value is -5.21. The Balaban J connectivity index is 0.974. The number of carbonyl (C=O) groups excluding carboxylic acids is 3. The molecule has 2 aliphatic rings. The Morgan fingerprint density at radius 2 is 1.71 bits per heavy atom. The highest BCUT2D eigenvalue weighted by Crippen LogP contribution is 2.25. The molecule has 0 aliphatic carbocycles. The minimum absolute atomic E-state index is 0.0207. The predicted octanol–water partition coefficient (Wildman–Crippen LogP) is 4.21. The van der Waals surface area contributed by atoms with Gasteiger partial charge in [-0.2, -0.15) is 9.61 Å². The first-order chi connectivity index (χ1) is 24.7. The third-order valence-corrected chi connectivity index (χ3v) is 9.46. The van der Waals surface area contributed by atoms with Crippen molar-refractivity contribution in [2.75, 3.05) is 54.1 Å². The summed E-state index contributed by atoms with van der Waals surface area (Å²) in [5.74, 6) is 1.22. The standard InChI is InChI=1S/C37H48N10O4/c1-4-27(23-48)41-32-19-33(47-35(43-32)30(21-39-47)24(2)3)38-20-25-5-9-29(10-6-25)42-37(51)46-17-15-45(16-18-46)22-26-7-11-28(12-8-26)40-31-13-14-34(49)44-36(31)50/h5-12,19,21,24,27,31,38,40,48H,4,13-18,20,22-23H2,1-3H3,(H,41,43)(H,42,51)(H,44,49,50)/t27-,31?/m0/s1. The maximum Gasteiger partial charge on any atom is 0.321 e.